The molecule has 1 aliphatic rings. The number of hydrogen-bond donors (Lipinski definition) is 0. The third-order valence-electron chi connectivity index (χ3n) is 5.42. The molecule has 3 aromatic rings. The molecule has 0 aliphatic carbocycles. The number of rotatable bonds is 4. The average molecular weight is 395 g/mol. The summed E-state index contributed by atoms with van der Waals surface area (Å²) in [6.45, 7) is 3.88. The lowest BCUT2D eigenvalue weighted by Crippen LogP contribution is -2.30. The van der Waals surface area contributed by atoms with Gasteiger partial charge in [0.2, 0.25) is 0 Å². The van der Waals surface area contributed by atoms with Crippen molar-refractivity contribution in [3.63, 3.8) is 0 Å². The SMILES string of the molecule is Cc1ccc(S(=O)(=O)N2CC(C(F)c3ccccc3C)c3ccccc32)cc1. The van der Waals surface area contributed by atoms with Crippen molar-refractivity contribution in [3.8, 4) is 0 Å². The van der Waals surface area contributed by atoms with Crippen LogP contribution in [0, 0.1) is 13.8 Å². The van der Waals surface area contributed by atoms with Gasteiger partial charge in [0, 0.05) is 12.5 Å². The number of alkyl halides is 1. The van der Waals surface area contributed by atoms with Gasteiger partial charge in [0.05, 0.1) is 10.6 Å². The lowest BCUT2D eigenvalue weighted by Gasteiger charge is -2.22. The smallest absolute Gasteiger partial charge is 0.264 e. The average Bonchev–Trinajstić information content (AvgIpc) is 3.09. The zero-order valence-corrected chi connectivity index (χ0v) is 16.7. The molecule has 0 amide bonds. The largest absolute Gasteiger partial charge is 0.265 e. The van der Waals surface area contributed by atoms with Crippen LogP contribution in [0.15, 0.2) is 77.7 Å². The quantitative estimate of drug-likeness (QED) is 0.601. The van der Waals surface area contributed by atoms with Crippen molar-refractivity contribution in [3.05, 3.63) is 95.1 Å². The summed E-state index contributed by atoms with van der Waals surface area (Å²) in [5, 5.41) is 0. The highest BCUT2D eigenvalue weighted by Crippen LogP contribution is 2.47. The molecule has 2 atom stereocenters. The minimum Gasteiger partial charge on any atom is -0.265 e. The van der Waals surface area contributed by atoms with E-state index >= 15 is 4.39 Å². The Balaban J connectivity index is 1.76. The Labute approximate surface area is 165 Å². The van der Waals surface area contributed by atoms with Gasteiger partial charge in [-0.1, -0.05) is 60.2 Å². The molecule has 1 aliphatic heterocycles. The number of fused-ring (bicyclic) bond motifs is 1. The van der Waals surface area contributed by atoms with Crippen molar-refractivity contribution in [1.29, 1.82) is 0 Å². The van der Waals surface area contributed by atoms with Gasteiger partial charge in [-0.3, -0.25) is 4.31 Å². The third kappa shape index (κ3) is 3.10. The fourth-order valence-electron chi connectivity index (χ4n) is 3.83. The molecular weight excluding hydrogens is 373 g/mol. The predicted octanol–water partition coefficient (Wildman–Crippen LogP) is 5.31. The van der Waals surface area contributed by atoms with Crippen LogP contribution in [0.2, 0.25) is 0 Å². The van der Waals surface area contributed by atoms with Crippen molar-refractivity contribution in [2.45, 2.75) is 30.8 Å². The number of benzene rings is 3. The fourth-order valence-corrected chi connectivity index (χ4v) is 5.35. The summed E-state index contributed by atoms with van der Waals surface area (Å²) in [6, 6.07) is 21.3. The van der Waals surface area contributed by atoms with Crippen LogP contribution < -0.4 is 4.31 Å². The van der Waals surface area contributed by atoms with E-state index in [9.17, 15) is 8.42 Å². The standard InChI is InChI=1S/C23H22FNO2S/c1-16-11-13-18(14-12-16)28(26,27)25-15-21(20-9-5-6-10-22(20)25)23(24)19-8-4-3-7-17(19)2/h3-14,21,23H,15H2,1-2H3. The molecule has 5 heteroatoms. The van der Waals surface area contributed by atoms with Crippen molar-refractivity contribution in [2.24, 2.45) is 0 Å². The summed E-state index contributed by atoms with van der Waals surface area (Å²) in [6.07, 6.45) is -1.28. The Kier molecular flexibility index (Phi) is 4.71. The zero-order chi connectivity index (χ0) is 19.9. The maximum atomic E-state index is 15.6. The monoisotopic (exact) mass is 395 g/mol. The highest BCUT2D eigenvalue weighted by atomic mass is 32.2. The van der Waals surface area contributed by atoms with Crippen LogP contribution in [0.5, 0.6) is 0 Å². The molecule has 3 aromatic carbocycles. The third-order valence-corrected chi connectivity index (χ3v) is 7.21. The number of nitrogens with zero attached hydrogens (tertiary/aromatic N) is 1. The van der Waals surface area contributed by atoms with E-state index in [0.29, 0.717) is 11.3 Å². The molecule has 2 unspecified atom stereocenters. The molecule has 4 rings (SSSR count). The van der Waals surface area contributed by atoms with E-state index in [2.05, 4.69) is 0 Å². The van der Waals surface area contributed by atoms with Crippen molar-refractivity contribution < 1.29 is 12.8 Å². The van der Waals surface area contributed by atoms with Crippen LogP contribution in [-0.4, -0.2) is 15.0 Å². The van der Waals surface area contributed by atoms with Gasteiger partial charge in [0.1, 0.15) is 6.17 Å². The molecule has 0 radical (unpaired) electrons. The van der Waals surface area contributed by atoms with Gasteiger partial charge in [-0.15, -0.1) is 0 Å². The Bertz CT molecular complexity index is 1110. The van der Waals surface area contributed by atoms with Crippen molar-refractivity contribution in [2.75, 3.05) is 10.8 Å². The summed E-state index contributed by atoms with van der Waals surface area (Å²) in [4.78, 5) is 0.222. The minimum absolute atomic E-state index is 0.0884. The number of para-hydroxylation sites is 1. The lowest BCUT2D eigenvalue weighted by atomic mass is 9.90. The van der Waals surface area contributed by atoms with Crippen molar-refractivity contribution >= 4 is 15.7 Å². The summed E-state index contributed by atoms with van der Waals surface area (Å²) in [5.74, 6) is -0.544. The topological polar surface area (TPSA) is 37.4 Å². The Morgan fingerprint density at radius 3 is 2.29 bits per heavy atom. The highest BCUT2D eigenvalue weighted by Gasteiger charge is 2.40. The molecular formula is C23H22FNO2S. The van der Waals surface area contributed by atoms with Gasteiger partial charge < -0.3 is 0 Å². The Hall–Kier alpha value is -2.66. The van der Waals surface area contributed by atoms with Gasteiger partial charge >= 0.3 is 0 Å². The maximum absolute atomic E-state index is 15.6. The van der Waals surface area contributed by atoms with Crippen LogP contribution in [0.3, 0.4) is 0 Å². The molecule has 28 heavy (non-hydrogen) atoms. The van der Waals surface area contributed by atoms with Crippen LogP contribution >= 0.6 is 0 Å². The second-order valence-corrected chi connectivity index (χ2v) is 9.14. The molecule has 1 heterocycles. The first kappa shape index (κ1) is 18.7. The molecule has 144 valence electrons. The van der Waals surface area contributed by atoms with Crippen molar-refractivity contribution in [1.82, 2.24) is 0 Å². The fraction of sp³-hybridized carbons (Fsp3) is 0.217. The lowest BCUT2D eigenvalue weighted by molar-refractivity contribution is 0.296. The molecule has 0 N–H and O–H groups in total. The Morgan fingerprint density at radius 2 is 1.57 bits per heavy atom. The summed E-state index contributed by atoms with van der Waals surface area (Å²) in [7, 11) is -3.76. The summed E-state index contributed by atoms with van der Waals surface area (Å²) >= 11 is 0. The second-order valence-electron chi connectivity index (χ2n) is 7.27. The van der Waals surface area contributed by atoms with Crippen LogP contribution in [-0.2, 0) is 10.0 Å². The molecule has 0 saturated carbocycles. The van der Waals surface area contributed by atoms with E-state index in [0.717, 1.165) is 16.7 Å². The maximum Gasteiger partial charge on any atom is 0.264 e. The van der Waals surface area contributed by atoms with Gasteiger partial charge in [0.15, 0.2) is 0 Å². The molecule has 3 nitrogen and oxygen atoms in total. The van der Waals surface area contributed by atoms with E-state index in [-0.39, 0.29) is 11.4 Å². The summed E-state index contributed by atoms with van der Waals surface area (Å²) < 4.78 is 43.5. The number of halogens is 1. The van der Waals surface area contributed by atoms with E-state index in [4.69, 9.17) is 0 Å². The van der Waals surface area contributed by atoms with E-state index in [1.807, 2.05) is 44.2 Å². The minimum atomic E-state index is -3.76. The zero-order valence-electron chi connectivity index (χ0n) is 15.8. The van der Waals surface area contributed by atoms with E-state index in [1.165, 1.54) is 4.31 Å². The van der Waals surface area contributed by atoms with Crippen LogP contribution in [0.1, 0.15) is 34.3 Å². The Morgan fingerprint density at radius 1 is 0.929 bits per heavy atom. The van der Waals surface area contributed by atoms with E-state index in [1.54, 1.807) is 42.5 Å². The highest BCUT2D eigenvalue weighted by molar-refractivity contribution is 7.92. The predicted molar refractivity (Wildman–Crippen MR) is 110 cm³/mol. The number of hydrogen-bond acceptors (Lipinski definition) is 2. The summed E-state index contributed by atoms with van der Waals surface area (Å²) in [5.41, 5.74) is 3.75. The number of anilines is 1. The molecule has 0 bridgehead atoms. The molecule has 0 saturated heterocycles. The first-order valence-corrected chi connectivity index (χ1v) is 10.7. The van der Waals surface area contributed by atoms with Crippen LogP contribution in [0.4, 0.5) is 10.1 Å². The first-order chi connectivity index (χ1) is 13.4. The normalized spacial score (nSPS) is 17.4. The molecule has 0 spiro atoms. The van der Waals surface area contributed by atoms with Gasteiger partial charge in [-0.2, -0.15) is 0 Å². The van der Waals surface area contributed by atoms with Crippen LogP contribution in [0.25, 0.3) is 0 Å². The van der Waals surface area contributed by atoms with Gasteiger partial charge in [-0.25, -0.2) is 12.8 Å². The van der Waals surface area contributed by atoms with E-state index < -0.39 is 22.1 Å². The number of sulfonamides is 1. The second kappa shape index (κ2) is 7.06. The van der Waals surface area contributed by atoms with Gasteiger partial charge in [0.25, 0.3) is 10.0 Å². The van der Waals surface area contributed by atoms with Gasteiger partial charge in [-0.05, 0) is 48.7 Å². The first-order valence-electron chi connectivity index (χ1n) is 9.27. The number of aryl methyl sites for hydroxylation is 2. The molecule has 0 aromatic heterocycles. The molecule has 0 fully saturated rings.